The Bertz CT molecular complexity index is 324. The van der Waals surface area contributed by atoms with E-state index >= 15 is 0 Å². The lowest BCUT2D eigenvalue weighted by Crippen LogP contribution is -2.52. The van der Waals surface area contributed by atoms with Gasteiger partial charge in [0.15, 0.2) is 0 Å². The Labute approximate surface area is 130 Å². The summed E-state index contributed by atoms with van der Waals surface area (Å²) in [6.07, 6.45) is 9.25. The molecule has 2 atom stereocenters. The SMILES string of the molecule is CC1CCC(CNC2CC2)(CN2C[C@@H](C)O[C@@H](C)C2)CC1. The summed E-state index contributed by atoms with van der Waals surface area (Å²) >= 11 is 0. The van der Waals surface area contributed by atoms with Crippen LogP contribution in [0.15, 0.2) is 0 Å². The third-order valence-corrected chi connectivity index (χ3v) is 5.73. The quantitative estimate of drug-likeness (QED) is 0.843. The van der Waals surface area contributed by atoms with Crippen LogP contribution in [-0.4, -0.2) is 49.3 Å². The first-order valence-corrected chi connectivity index (χ1v) is 9.16. The van der Waals surface area contributed by atoms with Gasteiger partial charge >= 0.3 is 0 Å². The highest BCUT2D eigenvalue weighted by molar-refractivity contribution is 4.93. The minimum atomic E-state index is 0.393. The maximum atomic E-state index is 5.91. The first-order chi connectivity index (χ1) is 10.0. The van der Waals surface area contributed by atoms with Crippen LogP contribution in [0.4, 0.5) is 0 Å². The largest absolute Gasteiger partial charge is 0.373 e. The molecule has 3 fully saturated rings. The van der Waals surface area contributed by atoms with E-state index in [2.05, 4.69) is 31.0 Å². The lowest BCUT2D eigenvalue weighted by atomic mass is 9.70. The molecule has 1 aliphatic heterocycles. The van der Waals surface area contributed by atoms with Crippen LogP contribution >= 0.6 is 0 Å². The molecular formula is C18H34N2O. The van der Waals surface area contributed by atoms with E-state index in [9.17, 15) is 0 Å². The van der Waals surface area contributed by atoms with Gasteiger partial charge in [0.2, 0.25) is 0 Å². The van der Waals surface area contributed by atoms with Crippen LogP contribution in [0.25, 0.3) is 0 Å². The topological polar surface area (TPSA) is 24.5 Å². The van der Waals surface area contributed by atoms with Crippen molar-refractivity contribution in [1.29, 1.82) is 0 Å². The average Bonchev–Trinajstić information content (AvgIpc) is 3.23. The monoisotopic (exact) mass is 294 g/mol. The molecule has 2 saturated carbocycles. The van der Waals surface area contributed by atoms with Crippen LogP contribution in [0, 0.1) is 11.3 Å². The normalized spacial score (nSPS) is 42.1. The van der Waals surface area contributed by atoms with Crippen LogP contribution in [0.3, 0.4) is 0 Å². The number of morpholine rings is 1. The van der Waals surface area contributed by atoms with Gasteiger partial charge in [-0.1, -0.05) is 19.8 Å². The Hall–Kier alpha value is -0.120. The molecule has 0 bridgehead atoms. The Morgan fingerprint density at radius 1 is 1.00 bits per heavy atom. The van der Waals surface area contributed by atoms with Gasteiger partial charge in [-0.25, -0.2) is 0 Å². The zero-order chi connectivity index (χ0) is 14.9. The summed E-state index contributed by atoms with van der Waals surface area (Å²) in [6.45, 7) is 11.6. The Kier molecular flexibility index (Phi) is 4.92. The number of hydrogen-bond acceptors (Lipinski definition) is 3. The zero-order valence-electron chi connectivity index (χ0n) is 14.2. The highest BCUT2D eigenvalue weighted by Gasteiger charge is 2.38. The van der Waals surface area contributed by atoms with Gasteiger partial charge in [-0.3, -0.25) is 4.90 Å². The van der Waals surface area contributed by atoms with Crippen molar-refractivity contribution in [3.05, 3.63) is 0 Å². The molecule has 1 saturated heterocycles. The van der Waals surface area contributed by atoms with E-state index in [1.54, 1.807) is 0 Å². The first-order valence-electron chi connectivity index (χ1n) is 9.16. The molecular weight excluding hydrogens is 260 g/mol. The Morgan fingerprint density at radius 3 is 2.19 bits per heavy atom. The molecule has 0 amide bonds. The van der Waals surface area contributed by atoms with E-state index in [0.29, 0.717) is 17.6 Å². The predicted octanol–water partition coefficient (Wildman–Crippen LogP) is 3.04. The fourth-order valence-electron chi connectivity index (χ4n) is 4.30. The molecule has 3 heteroatoms. The fraction of sp³-hybridized carbons (Fsp3) is 1.00. The van der Waals surface area contributed by atoms with Crippen molar-refractivity contribution in [1.82, 2.24) is 10.2 Å². The fourth-order valence-corrected chi connectivity index (χ4v) is 4.30. The molecule has 0 radical (unpaired) electrons. The maximum Gasteiger partial charge on any atom is 0.0678 e. The summed E-state index contributed by atoms with van der Waals surface area (Å²) in [5.74, 6) is 0.932. The minimum absolute atomic E-state index is 0.393. The molecule has 0 spiro atoms. The van der Waals surface area contributed by atoms with Crippen molar-refractivity contribution < 1.29 is 4.74 Å². The van der Waals surface area contributed by atoms with E-state index in [1.165, 1.54) is 51.6 Å². The van der Waals surface area contributed by atoms with Gasteiger partial charge in [-0.05, 0) is 50.9 Å². The van der Waals surface area contributed by atoms with Gasteiger partial charge < -0.3 is 10.1 Å². The van der Waals surface area contributed by atoms with Crippen molar-refractivity contribution in [3.8, 4) is 0 Å². The molecule has 3 nitrogen and oxygen atoms in total. The second-order valence-electron chi connectivity index (χ2n) is 8.29. The molecule has 0 aromatic carbocycles. The third-order valence-electron chi connectivity index (χ3n) is 5.73. The van der Waals surface area contributed by atoms with E-state index in [4.69, 9.17) is 4.74 Å². The molecule has 3 rings (SSSR count). The molecule has 1 N–H and O–H groups in total. The summed E-state index contributed by atoms with van der Waals surface area (Å²) in [4.78, 5) is 2.68. The molecule has 1 heterocycles. The molecule has 0 aromatic heterocycles. The summed E-state index contributed by atoms with van der Waals surface area (Å²) in [5.41, 5.74) is 0.520. The van der Waals surface area contributed by atoms with Gasteiger partial charge in [-0.2, -0.15) is 0 Å². The van der Waals surface area contributed by atoms with E-state index < -0.39 is 0 Å². The minimum Gasteiger partial charge on any atom is -0.373 e. The third kappa shape index (κ3) is 4.43. The number of ether oxygens (including phenoxy) is 1. The highest BCUT2D eigenvalue weighted by Crippen LogP contribution is 2.40. The van der Waals surface area contributed by atoms with Crippen molar-refractivity contribution in [3.63, 3.8) is 0 Å². The number of nitrogens with one attached hydrogen (secondary N) is 1. The van der Waals surface area contributed by atoms with Crippen LogP contribution in [0.2, 0.25) is 0 Å². The molecule has 0 aromatic rings. The summed E-state index contributed by atoms with van der Waals surface area (Å²) < 4.78 is 5.91. The van der Waals surface area contributed by atoms with Gasteiger partial charge in [-0.15, -0.1) is 0 Å². The van der Waals surface area contributed by atoms with Crippen molar-refractivity contribution >= 4 is 0 Å². The molecule has 122 valence electrons. The molecule has 0 unspecified atom stereocenters. The Morgan fingerprint density at radius 2 is 1.62 bits per heavy atom. The van der Waals surface area contributed by atoms with Crippen LogP contribution in [0.1, 0.15) is 59.3 Å². The molecule has 2 aliphatic carbocycles. The van der Waals surface area contributed by atoms with Crippen LogP contribution in [0.5, 0.6) is 0 Å². The highest BCUT2D eigenvalue weighted by atomic mass is 16.5. The standard InChI is InChI=1S/C18H34N2O/c1-14-6-8-18(9-7-14,12-19-17-4-5-17)13-20-10-15(2)21-16(3)11-20/h14-17,19H,4-13H2,1-3H3/t14?,15-,16+,18?. The van der Waals surface area contributed by atoms with Crippen molar-refractivity contribution in [2.45, 2.75) is 77.5 Å². The summed E-state index contributed by atoms with van der Waals surface area (Å²) in [7, 11) is 0. The Balaban J connectivity index is 1.60. The molecule has 3 aliphatic rings. The van der Waals surface area contributed by atoms with Gasteiger partial charge in [0.05, 0.1) is 12.2 Å². The number of rotatable bonds is 5. The van der Waals surface area contributed by atoms with Gasteiger partial charge in [0, 0.05) is 32.2 Å². The lowest BCUT2D eigenvalue weighted by molar-refractivity contribution is -0.0812. The second kappa shape index (κ2) is 6.55. The lowest BCUT2D eigenvalue weighted by Gasteiger charge is -2.45. The maximum absolute atomic E-state index is 5.91. The zero-order valence-corrected chi connectivity index (χ0v) is 14.2. The van der Waals surface area contributed by atoms with Gasteiger partial charge in [0.25, 0.3) is 0 Å². The van der Waals surface area contributed by atoms with Gasteiger partial charge in [0.1, 0.15) is 0 Å². The molecule has 21 heavy (non-hydrogen) atoms. The second-order valence-corrected chi connectivity index (χ2v) is 8.29. The smallest absolute Gasteiger partial charge is 0.0678 e. The van der Waals surface area contributed by atoms with Crippen molar-refractivity contribution in [2.75, 3.05) is 26.2 Å². The van der Waals surface area contributed by atoms with E-state index in [1.807, 2.05) is 0 Å². The number of nitrogens with zero attached hydrogens (tertiary/aromatic N) is 1. The van der Waals surface area contributed by atoms with E-state index in [0.717, 1.165) is 25.0 Å². The first kappa shape index (κ1) is 15.8. The van der Waals surface area contributed by atoms with Crippen LogP contribution < -0.4 is 5.32 Å². The number of hydrogen-bond donors (Lipinski definition) is 1. The summed E-state index contributed by atoms with van der Waals surface area (Å²) in [6, 6.07) is 0.837. The average molecular weight is 294 g/mol. The predicted molar refractivity (Wildman–Crippen MR) is 87.5 cm³/mol. The van der Waals surface area contributed by atoms with E-state index in [-0.39, 0.29) is 0 Å². The summed E-state index contributed by atoms with van der Waals surface area (Å²) in [5, 5.41) is 3.84. The van der Waals surface area contributed by atoms with Crippen LogP contribution in [-0.2, 0) is 4.74 Å². The van der Waals surface area contributed by atoms with Crippen molar-refractivity contribution in [2.24, 2.45) is 11.3 Å².